The van der Waals surface area contributed by atoms with Gasteiger partial charge in [0.1, 0.15) is 0 Å². The van der Waals surface area contributed by atoms with E-state index in [1.165, 1.54) is 6.07 Å². The van der Waals surface area contributed by atoms with Crippen LogP contribution in [0.3, 0.4) is 0 Å². The molecule has 2 rings (SSSR count). The fraction of sp³-hybridized carbons (Fsp3) is 0.200. The Bertz CT molecular complexity index is 879. The quantitative estimate of drug-likeness (QED) is 0.284. The molecule has 0 aromatic heterocycles. The van der Waals surface area contributed by atoms with Gasteiger partial charge in [0.2, 0.25) is 0 Å². The molecule has 1 unspecified atom stereocenters. The molecule has 0 saturated heterocycles. The Morgan fingerprint density at radius 3 is 2.33 bits per heavy atom. The monoisotopic (exact) mass is 479 g/mol. The zero-order valence-electron chi connectivity index (χ0n) is 14.8. The van der Waals surface area contributed by atoms with Crippen molar-refractivity contribution in [2.24, 2.45) is 5.92 Å². The minimum absolute atomic E-state index is 0.0554. The molecule has 0 fully saturated rings. The van der Waals surface area contributed by atoms with E-state index >= 15 is 0 Å². The van der Waals surface area contributed by atoms with Gasteiger partial charge in [-0.3, -0.25) is 19.2 Å². The number of benzene rings is 2. The summed E-state index contributed by atoms with van der Waals surface area (Å²) in [6.07, 6.45) is 0. The van der Waals surface area contributed by atoms with Crippen LogP contribution in [0.1, 0.15) is 34.6 Å². The lowest BCUT2D eigenvalue weighted by Crippen LogP contribution is -2.33. The maximum absolute atomic E-state index is 12.9. The highest BCUT2D eigenvalue weighted by Crippen LogP contribution is 2.24. The van der Waals surface area contributed by atoms with Crippen molar-refractivity contribution in [2.75, 3.05) is 11.9 Å². The smallest absolute Gasteiger partial charge is 0.324 e. The molecular formula is C20H18INO5. The van der Waals surface area contributed by atoms with Gasteiger partial charge in [0.25, 0.3) is 5.91 Å². The number of ether oxygens (including phenoxy) is 1. The molecule has 27 heavy (non-hydrogen) atoms. The van der Waals surface area contributed by atoms with Crippen molar-refractivity contribution in [3.8, 4) is 0 Å². The topological polar surface area (TPSA) is 89.5 Å². The molecule has 0 aliphatic rings. The molecule has 0 saturated carbocycles. The van der Waals surface area contributed by atoms with Gasteiger partial charge in [0, 0.05) is 14.7 Å². The molecule has 1 atom stereocenters. The summed E-state index contributed by atoms with van der Waals surface area (Å²) in [4.78, 5) is 49.3. The molecule has 0 aliphatic heterocycles. The van der Waals surface area contributed by atoms with Crippen molar-refractivity contribution in [1.29, 1.82) is 0 Å². The van der Waals surface area contributed by atoms with Crippen LogP contribution in [-0.2, 0) is 14.3 Å². The molecule has 1 N–H and O–H groups in total. The Hall–Kier alpha value is -2.55. The second-order valence-corrected chi connectivity index (χ2v) is 6.92. The van der Waals surface area contributed by atoms with Crippen molar-refractivity contribution in [2.45, 2.75) is 13.8 Å². The van der Waals surface area contributed by atoms with Crippen molar-refractivity contribution < 1.29 is 23.9 Å². The maximum atomic E-state index is 12.9. The first kappa shape index (κ1) is 20.8. The number of carbonyl (C=O) groups is 4. The Kier molecular flexibility index (Phi) is 7.23. The molecule has 0 spiro atoms. The first-order chi connectivity index (χ1) is 12.8. The minimum atomic E-state index is -1.56. The van der Waals surface area contributed by atoms with Crippen LogP contribution >= 0.6 is 22.6 Å². The average molecular weight is 479 g/mol. The van der Waals surface area contributed by atoms with E-state index in [9.17, 15) is 19.2 Å². The number of nitrogens with one attached hydrogen (secondary N) is 1. The van der Waals surface area contributed by atoms with E-state index in [2.05, 4.69) is 5.32 Å². The zero-order chi connectivity index (χ0) is 20.0. The second-order valence-electron chi connectivity index (χ2n) is 5.67. The third-order valence-corrected chi connectivity index (χ3v) is 4.39. The summed E-state index contributed by atoms with van der Waals surface area (Å²) in [5.74, 6) is -4.17. The first-order valence-corrected chi connectivity index (χ1v) is 9.30. The van der Waals surface area contributed by atoms with Gasteiger partial charge < -0.3 is 10.1 Å². The summed E-state index contributed by atoms with van der Waals surface area (Å²) in [6.45, 7) is 2.81. The number of esters is 1. The molecule has 0 heterocycles. The van der Waals surface area contributed by atoms with E-state index in [0.717, 1.165) is 10.5 Å². The van der Waals surface area contributed by atoms with Crippen LogP contribution in [0.25, 0.3) is 0 Å². The highest BCUT2D eigenvalue weighted by Gasteiger charge is 2.34. The third-order valence-electron chi connectivity index (χ3n) is 3.72. The average Bonchev–Trinajstić information content (AvgIpc) is 2.63. The van der Waals surface area contributed by atoms with E-state index in [1.807, 2.05) is 22.6 Å². The predicted molar refractivity (Wildman–Crippen MR) is 109 cm³/mol. The van der Waals surface area contributed by atoms with E-state index in [-0.39, 0.29) is 17.9 Å². The molecule has 2 aromatic rings. The Morgan fingerprint density at radius 2 is 1.74 bits per heavy atom. The van der Waals surface area contributed by atoms with Gasteiger partial charge in [-0.05, 0) is 66.8 Å². The summed E-state index contributed by atoms with van der Waals surface area (Å²) in [5, 5.41) is 2.67. The Morgan fingerprint density at radius 1 is 1.07 bits per heavy atom. The molecular weight excluding hydrogens is 461 g/mol. The lowest BCUT2D eigenvalue weighted by atomic mass is 9.93. The molecule has 1 amide bonds. The summed E-state index contributed by atoms with van der Waals surface area (Å²) in [5.41, 5.74) is 0.729. The normalized spacial score (nSPS) is 11.4. The molecule has 2 aromatic carbocycles. The second kappa shape index (κ2) is 9.40. The largest absolute Gasteiger partial charge is 0.465 e. The van der Waals surface area contributed by atoms with Gasteiger partial charge in [0.05, 0.1) is 12.3 Å². The summed E-state index contributed by atoms with van der Waals surface area (Å²) in [7, 11) is 0. The number of Topliss-reactive ketones (excluding diaryl/α,β-unsaturated/α-hetero) is 2. The van der Waals surface area contributed by atoms with Crippen molar-refractivity contribution in [3.63, 3.8) is 0 Å². The van der Waals surface area contributed by atoms with Crippen LogP contribution in [0.2, 0.25) is 0 Å². The van der Waals surface area contributed by atoms with Gasteiger partial charge in [-0.1, -0.05) is 18.2 Å². The summed E-state index contributed by atoms with van der Waals surface area (Å²) < 4.78 is 5.58. The number of hydrogen-bond donors (Lipinski definition) is 1. The number of amides is 1. The SMILES string of the molecule is CCOC(=O)C(C(C)=O)C(=O)c1cc(I)ccc1NC(=O)c1ccccc1. The number of ketones is 2. The van der Waals surface area contributed by atoms with Gasteiger partial charge in [0.15, 0.2) is 17.5 Å². The van der Waals surface area contributed by atoms with Gasteiger partial charge in [-0.25, -0.2) is 0 Å². The van der Waals surface area contributed by atoms with Gasteiger partial charge in [-0.2, -0.15) is 0 Å². The van der Waals surface area contributed by atoms with Crippen LogP contribution < -0.4 is 5.32 Å². The van der Waals surface area contributed by atoms with E-state index in [1.54, 1.807) is 49.4 Å². The standard InChI is InChI=1S/C20H18INO5/c1-3-27-20(26)17(12(2)23)18(24)15-11-14(21)9-10-16(15)22-19(25)13-7-5-4-6-8-13/h4-11,17H,3H2,1-2H3,(H,22,25). The summed E-state index contributed by atoms with van der Waals surface area (Å²) >= 11 is 2.01. The maximum Gasteiger partial charge on any atom is 0.324 e. The predicted octanol–water partition coefficient (Wildman–Crippen LogP) is 3.49. The number of carbonyl (C=O) groups excluding carboxylic acids is 4. The molecule has 7 heteroatoms. The van der Waals surface area contributed by atoms with Gasteiger partial charge >= 0.3 is 5.97 Å². The van der Waals surface area contributed by atoms with E-state index in [0.29, 0.717) is 5.56 Å². The van der Waals surface area contributed by atoms with Crippen LogP contribution in [-0.4, -0.2) is 30.0 Å². The Balaban J connectivity index is 2.39. The summed E-state index contributed by atoms with van der Waals surface area (Å²) in [6, 6.07) is 13.3. The number of rotatable bonds is 7. The number of hydrogen-bond acceptors (Lipinski definition) is 5. The van der Waals surface area contributed by atoms with E-state index in [4.69, 9.17) is 4.74 Å². The van der Waals surface area contributed by atoms with Crippen molar-refractivity contribution in [1.82, 2.24) is 0 Å². The van der Waals surface area contributed by atoms with Crippen LogP contribution in [0, 0.1) is 9.49 Å². The van der Waals surface area contributed by atoms with Crippen LogP contribution in [0.4, 0.5) is 5.69 Å². The van der Waals surface area contributed by atoms with Crippen LogP contribution in [0.15, 0.2) is 48.5 Å². The molecule has 0 radical (unpaired) electrons. The van der Waals surface area contributed by atoms with Crippen LogP contribution in [0.5, 0.6) is 0 Å². The highest BCUT2D eigenvalue weighted by atomic mass is 127. The van der Waals surface area contributed by atoms with Gasteiger partial charge in [-0.15, -0.1) is 0 Å². The van der Waals surface area contributed by atoms with E-state index < -0.39 is 29.4 Å². The molecule has 0 bridgehead atoms. The first-order valence-electron chi connectivity index (χ1n) is 8.22. The number of anilines is 1. The van der Waals surface area contributed by atoms with Crippen molar-refractivity contribution in [3.05, 3.63) is 63.2 Å². The molecule has 6 nitrogen and oxygen atoms in total. The highest BCUT2D eigenvalue weighted by molar-refractivity contribution is 14.1. The number of halogens is 1. The van der Waals surface area contributed by atoms with Crippen molar-refractivity contribution >= 4 is 51.7 Å². The molecule has 140 valence electrons. The Labute approximate surface area is 170 Å². The molecule has 0 aliphatic carbocycles. The fourth-order valence-corrected chi connectivity index (χ4v) is 2.94. The fourth-order valence-electron chi connectivity index (χ4n) is 2.45. The zero-order valence-corrected chi connectivity index (χ0v) is 17.0. The third kappa shape index (κ3) is 5.22. The lowest BCUT2D eigenvalue weighted by Gasteiger charge is -2.15. The minimum Gasteiger partial charge on any atom is -0.465 e. The lowest BCUT2D eigenvalue weighted by molar-refractivity contribution is -0.148.